The van der Waals surface area contributed by atoms with Gasteiger partial charge in [-0.3, -0.25) is 0 Å². The maximum absolute atomic E-state index is 9.11. The van der Waals surface area contributed by atoms with Crippen LogP contribution in [0.5, 0.6) is 5.75 Å². The molecule has 0 aliphatic carbocycles. The molecule has 100 valence electrons. The molecule has 1 heterocycles. The first kappa shape index (κ1) is 13.0. The number of rotatable bonds is 3. The van der Waals surface area contributed by atoms with Crippen molar-refractivity contribution in [1.82, 2.24) is 0 Å². The highest BCUT2D eigenvalue weighted by atomic mass is 79.9. The van der Waals surface area contributed by atoms with Crippen molar-refractivity contribution in [2.75, 3.05) is 11.9 Å². The third-order valence-electron chi connectivity index (χ3n) is 3.34. The first-order chi connectivity index (χ1) is 9.76. The van der Waals surface area contributed by atoms with Gasteiger partial charge in [-0.1, -0.05) is 34.1 Å². The van der Waals surface area contributed by atoms with Crippen LogP contribution in [0.15, 0.2) is 46.9 Å². The molecule has 0 radical (unpaired) electrons. The summed E-state index contributed by atoms with van der Waals surface area (Å²) in [7, 11) is 0. The first-order valence-electron chi connectivity index (χ1n) is 6.44. The van der Waals surface area contributed by atoms with Crippen LogP contribution in [0.1, 0.15) is 11.1 Å². The molecule has 1 aliphatic rings. The molecule has 0 aromatic heterocycles. The normalized spacial score (nSPS) is 16.1. The van der Waals surface area contributed by atoms with Crippen LogP contribution in [0.3, 0.4) is 0 Å². The van der Waals surface area contributed by atoms with Gasteiger partial charge in [-0.2, -0.15) is 5.26 Å². The summed E-state index contributed by atoms with van der Waals surface area (Å²) in [6, 6.07) is 15.9. The van der Waals surface area contributed by atoms with Crippen LogP contribution in [0.4, 0.5) is 5.69 Å². The van der Waals surface area contributed by atoms with E-state index in [4.69, 9.17) is 10.00 Å². The lowest BCUT2D eigenvalue weighted by Gasteiger charge is -2.14. The topological polar surface area (TPSA) is 45.0 Å². The molecule has 0 saturated carbocycles. The van der Waals surface area contributed by atoms with Crippen LogP contribution in [0, 0.1) is 11.3 Å². The van der Waals surface area contributed by atoms with Gasteiger partial charge in [0, 0.05) is 10.9 Å². The molecule has 0 fully saturated rings. The molecule has 0 saturated heterocycles. The first-order valence-corrected chi connectivity index (χ1v) is 7.23. The molecular weight excluding hydrogens is 316 g/mol. The van der Waals surface area contributed by atoms with E-state index in [0.717, 1.165) is 22.3 Å². The molecule has 2 aromatic carbocycles. The lowest BCUT2D eigenvalue weighted by molar-refractivity contribution is 0.246. The van der Waals surface area contributed by atoms with E-state index in [1.54, 1.807) is 6.07 Å². The van der Waals surface area contributed by atoms with Crippen LogP contribution < -0.4 is 10.1 Å². The number of halogens is 1. The maximum atomic E-state index is 9.11. The summed E-state index contributed by atoms with van der Waals surface area (Å²) >= 11 is 3.42. The van der Waals surface area contributed by atoms with Crippen molar-refractivity contribution in [1.29, 1.82) is 5.26 Å². The minimum Gasteiger partial charge on any atom is -0.488 e. The Morgan fingerprint density at radius 3 is 2.95 bits per heavy atom. The number of anilines is 1. The molecule has 0 bridgehead atoms. The number of nitrogens with one attached hydrogen (secondary N) is 1. The van der Waals surface area contributed by atoms with Gasteiger partial charge >= 0.3 is 0 Å². The highest BCUT2D eigenvalue weighted by Crippen LogP contribution is 2.28. The second-order valence-corrected chi connectivity index (χ2v) is 5.65. The van der Waals surface area contributed by atoms with Gasteiger partial charge in [0.15, 0.2) is 0 Å². The standard InChI is InChI=1S/C16H13BrN2O/c17-13-6-5-12(9-18)15(8-13)19-10-14-7-11-3-1-2-4-16(11)20-14/h1-6,8,14,19H,7,10H2. The van der Waals surface area contributed by atoms with E-state index >= 15 is 0 Å². The van der Waals surface area contributed by atoms with Gasteiger partial charge in [-0.25, -0.2) is 0 Å². The molecule has 1 N–H and O–H groups in total. The second-order valence-electron chi connectivity index (χ2n) is 4.73. The Labute approximate surface area is 126 Å². The Morgan fingerprint density at radius 2 is 2.15 bits per heavy atom. The molecule has 1 atom stereocenters. The number of hydrogen-bond acceptors (Lipinski definition) is 3. The van der Waals surface area contributed by atoms with E-state index < -0.39 is 0 Å². The maximum Gasteiger partial charge on any atom is 0.123 e. The fraction of sp³-hybridized carbons (Fsp3) is 0.188. The highest BCUT2D eigenvalue weighted by Gasteiger charge is 2.22. The Morgan fingerprint density at radius 1 is 1.30 bits per heavy atom. The summed E-state index contributed by atoms with van der Waals surface area (Å²) < 4.78 is 6.83. The molecule has 2 aromatic rings. The highest BCUT2D eigenvalue weighted by molar-refractivity contribution is 9.10. The van der Waals surface area contributed by atoms with Crippen LogP contribution in [0.25, 0.3) is 0 Å². The molecule has 3 nitrogen and oxygen atoms in total. The molecule has 0 spiro atoms. The molecule has 3 rings (SSSR count). The van der Waals surface area contributed by atoms with Crippen molar-refractivity contribution >= 4 is 21.6 Å². The summed E-state index contributed by atoms with van der Waals surface area (Å²) in [4.78, 5) is 0. The fourth-order valence-electron chi connectivity index (χ4n) is 2.35. The molecule has 4 heteroatoms. The van der Waals surface area contributed by atoms with E-state index in [9.17, 15) is 0 Å². The van der Waals surface area contributed by atoms with Crippen molar-refractivity contribution in [2.45, 2.75) is 12.5 Å². The summed E-state index contributed by atoms with van der Waals surface area (Å²) in [5.74, 6) is 0.967. The summed E-state index contributed by atoms with van der Waals surface area (Å²) in [6.07, 6.45) is 1.01. The Balaban J connectivity index is 1.67. The molecule has 1 unspecified atom stereocenters. The number of ether oxygens (including phenoxy) is 1. The molecule has 20 heavy (non-hydrogen) atoms. The van der Waals surface area contributed by atoms with Crippen LogP contribution in [0.2, 0.25) is 0 Å². The zero-order valence-electron chi connectivity index (χ0n) is 10.8. The number of benzene rings is 2. The second kappa shape index (κ2) is 5.56. The minimum atomic E-state index is 0.109. The van der Waals surface area contributed by atoms with E-state index in [-0.39, 0.29) is 6.10 Å². The number of fused-ring (bicyclic) bond motifs is 1. The monoisotopic (exact) mass is 328 g/mol. The Kier molecular flexibility index (Phi) is 3.62. The van der Waals surface area contributed by atoms with E-state index in [1.165, 1.54) is 5.56 Å². The van der Waals surface area contributed by atoms with Gasteiger partial charge in [0.05, 0.1) is 17.8 Å². The predicted octanol–water partition coefficient (Wildman–Crippen LogP) is 3.74. The average molecular weight is 329 g/mol. The van der Waals surface area contributed by atoms with Crippen molar-refractivity contribution in [2.24, 2.45) is 0 Å². The van der Waals surface area contributed by atoms with Gasteiger partial charge < -0.3 is 10.1 Å². The number of nitrogens with zero attached hydrogens (tertiary/aromatic N) is 1. The molecule has 1 aliphatic heterocycles. The van der Waals surface area contributed by atoms with Crippen molar-refractivity contribution < 1.29 is 4.74 Å². The van der Waals surface area contributed by atoms with Gasteiger partial charge in [-0.05, 0) is 29.8 Å². The lowest BCUT2D eigenvalue weighted by Crippen LogP contribution is -2.24. The number of nitriles is 1. The van der Waals surface area contributed by atoms with Gasteiger partial charge in [0.2, 0.25) is 0 Å². The van der Waals surface area contributed by atoms with Crippen LogP contribution in [-0.2, 0) is 6.42 Å². The smallest absolute Gasteiger partial charge is 0.123 e. The van der Waals surface area contributed by atoms with E-state index in [2.05, 4.69) is 33.4 Å². The van der Waals surface area contributed by atoms with Gasteiger partial charge in [-0.15, -0.1) is 0 Å². The molecule has 0 amide bonds. The number of hydrogen-bond donors (Lipinski definition) is 1. The summed E-state index contributed by atoms with van der Waals surface area (Å²) in [6.45, 7) is 0.680. The van der Waals surface area contributed by atoms with Crippen molar-refractivity contribution in [3.63, 3.8) is 0 Å². The zero-order valence-corrected chi connectivity index (χ0v) is 12.4. The Bertz CT molecular complexity index is 653. The largest absolute Gasteiger partial charge is 0.488 e. The van der Waals surface area contributed by atoms with Crippen LogP contribution >= 0.6 is 15.9 Å². The summed E-state index contributed by atoms with van der Waals surface area (Å²) in [5, 5.41) is 12.4. The van der Waals surface area contributed by atoms with Gasteiger partial charge in [0.1, 0.15) is 17.9 Å². The third kappa shape index (κ3) is 2.63. The van der Waals surface area contributed by atoms with Gasteiger partial charge in [0.25, 0.3) is 0 Å². The average Bonchev–Trinajstić information content (AvgIpc) is 2.88. The third-order valence-corrected chi connectivity index (χ3v) is 3.83. The number of para-hydroxylation sites is 1. The predicted molar refractivity (Wildman–Crippen MR) is 81.9 cm³/mol. The van der Waals surface area contributed by atoms with E-state index in [1.807, 2.05) is 30.3 Å². The quantitative estimate of drug-likeness (QED) is 0.933. The zero-order chi connectivity index (χ0) is 13.9. The minimum absolute atomic E-state index is 0.109. The molecular formula is C16H13BrN2O. The summed E-state index contributed by atoms with van der Waals surface area (Å²) in [5.41, 5.74) is 2.72. The van der Waals surface area contributed by atoms with E-state index in [0.29, 0.717) is 12.1 Å². The SMILES string of the molecule is N#Cc1ccc(Br)cc1NCC1Cc2ccccc2O1. The van der Waals surface area contributed by atoms with Crippen molar-refractivity contribution in [3.8, 4) is 11.8 Å². The van der Waals surface area contributed by atoms with Crippen LogP contribution in [-0.4, -0.2) is 12.6 Å². The Hall–Kier alpha value is -1.99. The fourth-order valence-corrected chi connectivity index (χ4v) is 2.71. The lowest BCUT2D eigenvalue weighted by atomic mass is 10.1. The van der Waals surface area contributed by atoms with Crippen molar-refractivity contribution in [3.05, 3.63) is 58.1 Å².